The van der Waals surface area contributed by atoms with Gasteiger partial charge in [0.1, 0.15) is 0 Å². The molecule has 1 N–H and O–H groups in total. The Morgan fingerprint density at radius 3 is 2.28 bits per heavy atom. The molecule has 1 atom stereocenters. The second kappa shape index (κ2) is 5.55. The predicted molar refractivity (Wildman–Crippen MR) is 85.5 cm³/mol. The number of aliphatic carboxylic acids is 1. The fourth-order valence-electron chi connectivity index (χ4n) is 3.22. The van der Waals surface area contributed by atoms with Crippen LogP contribution in [0.4, 0.5) is 0 Å². The number of rotatable bonds is 4. The number of nitrogens with one attached hydrogen (secondary N) is 1. The highest BCUT2D eigenvalue weighted by Crippen LogP contribution is 2.31. The van der Waals surface area contributed by atoms with Crippen molar-refractivity contribution in [1.82, 2.24) is 14.9 Å². The van der Waals surface area contributed by atoms with Crippen LogP contribution in [0.1, 0.15) is 26.4 Å². The summed E-state index contributed by atoms with van der Waals surface area (Å²) >= 11 is 0. The smallest absolute Gasteiger partial charge is 0.262 e. The topological polar surface area (TPSA) is 106 Å². The number of hydrogen-bond donors (Lipinski definition) is 1. The Morgan fingerprint density at radius 1 is 1.12 bits per heavy atom. The minimum Gasteiger partial charge on any atom is -0.548 e. The number of hydrogen-bond acceptors (Lipinski definition) is 5. The molecule has 0 saturated carbocycles. The molecule has 0 fully saturated rings. The summed E-state index contributed by atoms with van der Waals surface area (Å²) < 4.78 is 0. The van der Waals surface area contributed by atoms with Gasteiger partial charge in [0.25, 0.3) is 11.8 Å². The lowest BCUT2D eigenvalue weighted by Gasteiger charge is -2.34. The van der Waals surface area contributed by atoms with Crippen molar-refractivity contribution in [2.75, 3.05) is 0 Å². The van der Waals surface area contributed by atoms with Gasteiger partial charge in [0.05, 0.1) is 18.3 Å². The Hall–Kier alpha value is -3.48. The zero-order valence-electron chi connectivity index (χ0n) is 12.9. The largest absolute Gasteiger partial charge is 0.548 e. The number of nitrogens with zero attached hydrogens (tertiary/aromatic N) is 2. The van der Waals surface area contributed by atoms with E-state index in [0.717, 1.165) is 10.3 Å². The van der Waals surface area contributed by atoms with Crippen LogP contribution in [0.25, 0.3) is 10.8 Å². The van der Waals surface area contributed by atoms with E-state index in [9.17, 15) is 19.5 Å². The Morgan fingerprint density at radius 2 is 1.76 bits per heavy atom. The van der Waals surface area contributed by atoms with Gasteiger partial charge in [-0.25, -0.2) is 4.98 Å². The number of imide groups is 1. The van der Waals surface area contributed by atoms with Crippen molar-refractivity contribution in [3.63, 3.8) is 0 Å². The first-order valence-corrected chi connectivity index (χ1v) is 7.65. The monoisotopic (exact) mass is 334 g/mol. The summed E-state index contributed by atoms with van der Waals surface area (Å²) in [6.45, 7) is 0. The Bertz CT molecular complexity index is 960. The van der Waals surface area contributed by atoms with Crippen molar-refractivity contribution < 1.29 is 19.5 Å². The van der Waals surface area contributed by atoms with Gasteiger partial charge in [0.15, 0.2) is 0 Å². The molecule has 1 aliphatic heterocycles. The molecule has 2 heterocycles. The minimum atomic E-state index is -1.50. The Kier molecular flexibility index (Phi) is 3.35. The molecule has 124 valence electrons. The van der Waals surface area contributed by atoms with Gasteiger partial charge in [-0.05, 0) is 17.5 Å². The fraction of sp³-hybridized carbons (Fsp3) is 0.111. The molecule has 1 aliphatic rings. The second-order valence-electron chi connectivity index (χ2n) is 5.81. The molecule has 0 radical (unpaired) electrons. The third-order valence-electron chi connectivity index (χ3n) is 4.35. The zero-order chi connectivity index (χ0) is 17.6. The predicted octanol–water partition coefficient (Wildman–Crippen LogP) is 0.520. The highest BCUT2D eigenvalue weighted by Gasteiger charge is 2.38. The summed E-state index contributed by atoms with van der Waals surface area (Å²) in [5, 5.41) is 13.0. The summed E-state index contributed by atoms with van der Waals surface area (Å²) in [4.78, 5) is 44.8. The van der Waals surface area contributed by atoms with Gasteiger partial charge in [-0.3, -0.25) is 14.5 Å². The zero-order valence-corrected chi connectivity index (χ0v) is 12.9. The van der Waals surface area contributed by atoms with Crippen LogP contribution in [-0.2, 0) is 11.2 Å². The van der Waals surface area contributed by atoms with Crippen LogP contribution < -0.4 is 5.11 Å². The fourth-order valence-corrected chi connectivity index (χ4v) is 3.22. The third kappa shape index (κ3) is 2.28. The summed E-state index contributed by atoms with van der Waals surface area (Å²) in [5.41, 5.74) is 1.11. The van der Waals surface area contributed by atoms with Crippen LogP contribution in [0.3, 0.4) is 0 Å². The second-order valence-corrected chi connectivity index (χ2v) is 5.81. The summed E-state index contributed by atoms with van der Waals surface area (Å²) in [6, 6.07) is 8.78. The van der Waals surface area contributed by atoms with Gasteiger partial charge in [0.2, 0.25) is 0 Å². The molecule has 0 saturated heterocycles. The molecule has 4 rings (SSSR count). The van der Waals surface area contributed by atoms with E-state index in [-0.39, 0.29) is 6.42 Å². The van der Waals surface area contributed by atoms with Crippen molar-refractivity contribution in [3.05, 3.63) is 65.7 Å². The van der Waals surface area contributed by atoms with Crippen molar-refractivity contribution in [1.29, 1.82) is 0 Å². The Balaban J connectivity index is 1.84. The first kappa shape index (κ1) is 15.1. The molecule has 0 aliphatic carbocycles. The molecule has 7 nitrogen and oxygen atoms in total. The molecule has 1 unspecified atom stereocenters. The highest BCUT2D eigenvalue weighted by atomic mass is 16.4. The van der Waals surface area contributed by atoms with Crippen molar-refractivity contribution in [2.45, 2.75) is 12.5 Å². The average molecular weight is 334 g/mol. The lowest BCUT2D eigenvalue weighted by molar-refractivity contribution is -0.310. The van der Waals surface area contributed by atoms with E-state index in [1.165, 1.54) is 12.5 Å². The highest BCUT2D eigenvalue weighted by molar-refractivity contribution is 6.26. The molecular formula is C18H12N3O4-. The maximum absolute atomic E-state index is 12.9. The molecule has 2 amide bonds. The van der Waals surface area contributed by atoms with Gasteiger partial charge in [-0.2, -0.15) is 0 Å². The van der Waals surface area contributed by atoms with E-state index in [1.54, 1.807) is 36.4 Å². The molecule has 25 heavy (non-hydrogen) atoms. The van der Waals surface area contributed by atoms with Crippen LogP contribution in [0.5, 0.6) is 0 Å². The quantitative estimate of drug-likeness (QED) is 0.700. The van der Waals surface area contributed by atoms with Gasteiger partial charge in [0, 0.05) is 34.8 Å². The van der Waals surface area contributed by atoms with E-state index in [0.29, 0.717) is 22.2 Å². The minimum absolute atomic E-state index is 0.0992. The van der Waals surface area contributed by atoms with E-state index < -0.39 is 23.8 Å². The number of aromatic nitrogens is 2. The molecule has 0 spiro atoms. The number of benzene rings is 2. The molecular weight excluding hydrogens is 322 g/mol. The van der Waals surface area contributed by atoms with Crippen LogP contribution in [0.2, 0.25) is 0 Å². The van der Waals surface area contributed by atoms with Crippen LogP contribution >= 0.6 is 0 Å². The molecule has 1 aromatic heterocycles. The number of carbonyl (C=O) groups is 3. The van der Waals surface area contributed by atoms with E-state index in [1.807, 2.05) is 0 Å². The van der Waals surface area contributed by atoms with Crippen molar-refractivity contribution >= 4 is 28.6 Å². The lowest BCUT2D eigenvalue weighted by Crippen LogP contribution is -2.55. The molecule has 3 aromatic rings. The molecule has 0 bridgehead atoms. The van der Waals surface area contributed by atoms with E-state index in [2.05, 4.69) is 9.97 Å². The third-order valence-corrected chi connectivity index (χ3v) is 4.35. The van der Waals surface area contributed by atoms with E-state index in [4.69, 9.17) is 0 Å². The van der Waals surface area contributed by atoms with Crippen molar-refractivity contribution in [2.24, 2.45) is 0 Å². The number of H-pyrrole nitrogens is 1. The maximum atomic E-state index is 12.9. The first-order chi connectivity index (χ1) is 12.1. The average Bonchev–Trinajstić information content (AvgIpc) is 3.12. The molecule has 7 heteroatoms. The summed E-state index contributed by atoms with van der Waals surface area (Å²) in [5.74, 6) is -2.77. The SMILES string of the molecule is O=C([O-])C(Cc1cnc[nH]1)N1C(=O)c2cccc3cccc(c23)C1=O. The normalized spacial score (nSPS) is 14.8. The van der Waals surface area contributed by atoms with Gasteiger partial charge in [-0.15, -0.1) is 0 Å². The first-order valence-electron chi connectivity index (χ1n) is 7.65. The maximum Gasteiger partial charge on any atom is 0.262 e. The lowest BCUT2D eigenvalue weighted by atomic mass is 9.92. The Labute approximate surface area is 141 Å². The van der Waals surface area contributed by atoms with Gasteiger partial charge in [-0.1, -0.05) is 24.3 Å². The summed E-state index contributed by atoms with van der Waals surface area (Å²) in [6.07, 6.45) is 2.75. The number of carbonyl (C=O) groups excluding carboxylic acids is 3. The number of imidazole rings is 1. The standard InChI is InChI=1S/C18H13N3O4/c22-16-12-5-1-3-10-4-2-6-13(15(10)12)17(23)21(16)14(18(24)25)7-11-8-19-9-20-11/h1-6,8-9,14H,7H2,(H,19,20)(H,24,25)/p-1. The molecule has 2 aromatic carbocycles. The number of carboxylic acid groups (broad SMARTS) is 1. The van der Waals surface area contributed by atoms with Crippen molar-refractivity contribution in [3.8, 4) is 0 Å². The van der Waals surface area contributed by atoms with Gasteiger partial charge < -0.3 is 14.9 Å². The number of carboxylic acids is 1. The van der Waals surface area contributed by atoms with Crippen LogP contribution in [0.15, 0.2) is 48.9 Å². The van der Waals surface area contributed by atoms with E-state index >= 15 is 0 Å². The van der Waals surface area contributed by atoms with Gasteiger partial charge >= 0.3 is 0 Å². The number of amides is 2. The van der Waals surface area contributed by atoms with Crippen LogP contribution in [0, 0.1) is 0 Å². The summed E-state index contributed by atoms with van der Waals surface area (Å²) in [7, 11) is 0. The number of aromatic amines is 1. The van der Waals surface area contributed by atoms with Crippen LogP contribution in [-0.4, -0.2) is 38.7 Å².